The van der Waals surface area contributed by atoms with Crippen molar-refractivity contribution in [3.8, 4) is 11.5 Å². The number of rotatable bonds is 7. The van der Waals surface area contributed by atoms with Gasteiger partial charge in [-0.1, -0.05) is 17.7 Å². The van der Waals surface area contributed by atoms with E-state index in [1.54, 1.807) is 24.3 Å². The molecule has 0 heterocycles. The van der Waals surface area contributed by atoms with Crippen LogP contribution in [0.25, 0.3) is 0 Å². The molecule has 0 aliphatic heterocycles. The Bertz CT molecular complexity index is 1260. The Morgan fingerprint density at radius 1 is 0.875 bits per heavy atom. The number of carbonyl (C=O) groups is 1. The molecule has 0 bridgehead atoms. The molecule has 3 rings (SSSR count). The molecule has 3 aromatic carbocycles. The molecule has 0 aromatic heterocycles. The molecule has 0 aliphatic rings. The van der Waals surface area contributed by atoms with Crippen LogP contribution in [0.15, 0.2) is 59.5 Å². The highest BCUT2D eigenvalue weighted by molar-refractivity contribution is 7.92. The van der Waals surface area contributed by atoms with E-state index in [4.69, 9.17) is 21.1 Å². The zero-order valence-electron chi connectivity index (χ0n) is 18.0. The number of ether oxygens (including phenoxy) is 2. The van der Waals surface area contributed by atoms with Crippen molar-refractivity contribution in [3.63, 3.8) is 0 Å². The van der Waals surface area contributed by atoms with E-state index in [1.807, 2.05) is 13.8 Å². The third kappa shape index (κ3) is 5.15. The summed E-state index contributed by atoms with van der Waals surface area (Å²) in [4.78, 5) is 12.8. The fraction of sp³-hybridized carbons (Fsp3) is 0.174. The van der Waals surface area contributed by atoms with Gasteiger partial charge in [-0.2, -0.15) is 0 Å². The molecule has 0 saturated carbocycles. The topological polar surface area (TPSA) is 93.7 Å². The molecule has 0 aliphatic carbocycles. The number of hydrogen-bond acceptors (Lipinski definition) is 5. The lowest BCUT2D eigenvalue weighted by atomic mass is 10.1. The van der Waals surface area contributed by atoms with Crippen molar-refractivity contribution in [3.05, 3.63) is 76.3 Å². The van der Waals surface area contributed by atoms with E-state index in [0.717, 1.165) is 11.1 Å². The first-order valence-corrected chi connectivity index (χ1v) is 11.4. The van der Waals surface area contributed by atoms with E-state index in [1.165, 1.54) is 44.6 Å². The molecule has 0 unspecified atom stereocenters. The second-order valence-corrected chi connectivity index (χ2v) is 9.16. The standard InChI is InChI=1S/C23H23ClN2O5S/c1-14-5-10-18(11-15(14)2)32(28,29)26-17-8-6-16(7-9-17)23(27)25-20-12-19(24)21(30-3)13-22(20)31-4/h5-13,26H,1-4H3,(H,25,27). The normalized spacial score (nSPS) is 11.0. The minimum atomic E-state index is -3.75. The van der Waals surface area contributed by atoms with Crippen molar-refractivity contribution in [2.75, 3.05) is 24.3 Å². The molecule has 0 atom stereocenters. The van der Waals surface area contributed by atoms with Gasteiger partial charge in [0.05, 0.1) is 29.8 Å². The third-order valence-corrected chi connectivity index (χ3v) is 6.58. The number of sulfonamides is 1. The Morgan fingerprint density at radius 2 is 1.53 bits per heavy atom. The van der Waals surface area contributed by atoms with E-state index < -0.39 is 15.9 Å². The van der Waals surface area contributed by atoms with Gasteiger partial charge in [0.25, 0.3) is 15.9 Å². The zero-order chi connectivity index (χ0) is 23.5. The Kier molecular flexibility index (Phi) is 6.96. The average Bonchev–Trinajstić information content (AvgIpc) is 2.76. The molecule has 3 aromatic rings. The molecule has 0 radical (unpaired) electrons. The second-order valence-electron chi connectivity index (χ2n) is 7.07. The predicted octanol–water partition coefficient (Wildman–Crippen LogP) is 5.03. The Morgan fingerprint density at radius 3 is 2.12 bits per heavy atom. The largest absolute Gasteiger partial charge is 0.495 e. The highest BCUT2D eigenvalue weighted by Crippen LogP contribution is 2.36. The van der Waals surface area contributed by atoms with Gasteiger partial charge < -0.3 is 14.8 Å². The van der Waals surface area contributed by atoms with Crippen LogP contribution in [0.1, 0.15) is 21.5 Å². The summed E-state index contributed by atoms with van der Waals surface area (Å²) >= 11 is 6.14. The number of benzene rings is 3. The van der Waals surface area contributed by atoms with Gasteiger partial charge in [0.15, 0.2) is 0 Å². The fourth-order valence-corrected chi connectivity index (χ4v) is 4.32. The Hall–Kier alpha value is -3.23. The van der Waals surface area contributed by atoms with E-state index in [-0.39, 0.29) is 4.90 Å². The van der Waals surface area contributed by atoms with Gasteiger partial charge in [0.2, 0.25) is 0 Å². The van der Waals surface area contributed by atoms with Crippen LogP contribution in [-0.4, -0.2) is 28.5 Å². The number of methoxy groups -OCH3 is 2. The van der Waals surface area contributed by atoms with Crippen molar-refractivity contribution in [2.45, 2.75) is 18.7 Å². The molecular formula is C23H23ClN2O5S. The van der Waals surface area contributed by atoms with Crippen molar-refractivity contribution < 1.29 is 22.7 Å². The maximum absolute atomic E-state index is 12.7. The number of hydrogen-bond donors (Lipinski definition) is 2. The fourth-order valence-electron chi connectivity index (χ4n) is 2.94. The van der Waals surface area contributed by atoms with Crippen LogP contribution in [-0.2, 0) is 10.0 Å². The van der Waals surface area contributed by atoms with Crippen LogP contribution in [0.5, 0.6) is 11.5 Å². The molecule has 2 N–H and O–H groups in total. The van der Waals surface area contributed by atoms with Gasteiger partial charge in [0.1, 0.15) is 11.5 Å². The molecule has 7 nitrogen and oxygen atoms in total. The van der Waals surface area contributed by atoms with Crippen molar-refractivity contribution in [2.24, 2.45) is 0 Å². The van der Waals surface area contributed by atoms with Gasteiger partial charge >= 0.3 is 0 Å². The van der Waals surface area contributed by atoms with Crippen LogP contribution < -0.4 is 19.5 Å². The smallest absolute Gasteiger partial charge is 0.261 e. The van der Waals surface area contributed by atoms with Crippen molar-refractivity contribution in [1.82, 2.24) is 0 Å². The number of nitrogens with one attached hydrogen (secondary N) is 2. The first-order valence-electron chi connectivity index (χ1n) is 9.57. The molecule has 168 valence electrons. The van der Waals surface area contributed by atoms with Crippen LogP contribution in [0.3, 0.4) is 0 Å². The summed E-state index contributed by atoms with van der Waals surface area (Å²) < 4.78 is 38.3. The summed E-state index contributed by atoms with van der Waals surface area (Å²) in [6.07, 6.45) is 0. The summed E-state index contributed by atoms with van der Waals surface area (Å²) in [7, 11) is -0.800. The maximum atomic E-state index is 12.7. The predicted molar refractivity (Wildman–Crippen MR) is 126 cm³/mol. The molecule has 0 spiro atoms. The molecule has 1 amide bonds. The molecule has 32 heavy (non-hydrogen) atoms. The zero-order valence-corrected chi connectivity index (χ0v) is 19.6. The molecule has 0 saturated heterocycles. The SMILES string of the molecule is COc1cc(OC)c(NC(=O)c2ccc(NS(=O)(=O)c3ccc(C)c(C)c3)cc2)cc1Cl. The second kappa shape index (κ2) is 9.50. The van der Waals surface area contributed by atoms with E-state index in [2.05, 4.69) is 10.0 Å². The first kappa shape index (κ1) is 23.4. The number of aryl methyl sites for hydroxylation is 2. The number of anilines is 2. The molecule has 0 fully saturated rings. The highest BCUT2D eigenvalue weighted by atomic mass is 35.5. The third-order valence-electron chi connectivity index (χ3n) is 4.91. The summed E-state index contributed by atoms with van der Waals surface area (Å²) in [5, 5.41) is 3.05. The number of halogens is 1. The van der Waals surface area contributed by atoms with Crippen molar-refractivity contribution >= 4 is 38.9 Å². The first-order chi connectivity index (χ1) is 15.1. The van der Waals surface area contributed by atoms with E-state index in [0.29, 0.717) is 33.5 Å². The minimum absolute atomic E-state index is 0.172. The number of amides is 1. The van der Waals surface area contributed by atoms with E-state index in [9.17, 15) is 13.2 Å². The van der Waals surface area contributed by atoms with Crippen LogP contribution in [0, 0.1) is 13.8 Å². The van der Waals surface area contributed by atoms with Crippen LogP contribution in [0.2, 0.25) is 5.02 Å². The highest BCUT2D eigenvalue weighted by Gasteiger charge is 2.16. The lowest BCUT2D eigenvalue weighted by Gasteiger charge is -2.13. The number of carbonyl (C=O) groups excluding carboxylic acids is 1. The van der Waals surface area contributed by atoms with Crippen LogP contribution in [0.4, 0.5) is 11.4 Å². The maximum Gasteiger partial charge on any atom is 0.261 e. The summed E-state index contributed by atoms with van der Waals surface area (Å²) in [5.74, 6) is 0.396. The molecular weight excluding hydrogens is 452 g/mol. The quantitative estimate of drug-likeness (QED) is 0.501. The van der Waals surface area contributed by atoms with Crippen LogP contribution >= 0.6 is 11.6 Å². The van der Waals surface area contributed by atoms with Gasteiger partial charge in [-0.3, -0.25) is 9.52 Å². The monoisotopic (exact) mass is 474 g/mol. The Labute approximate surface area is 192 Å². The Balaban J connectivity index is 1.76. The average molecular weight is 475 g/mol. The minimum Gasteiger partial charge on any atom is -0.495 e. The molecule has 9 heteroatoms. The summed E-state index contributed by atoms with van der Waals surface area (Å²) in [6, 6.07) is 14.1. The summed E-state index contributed by atoms with van der Waals surface area (Å²) in [5.41, 5.74) is 2.93. The summed E-state index contributed by atoms with van der Waals surface area (Å²) in [6.45, 7) is 3.77. The van der Waals surface area contributed by atoms with Gasteiger partial charge in [-0.15, -0.1) is 0 Å². The van der Waals surface area contributed by atoms with Gasteiger partial charge in [-0.05, 0) is 67.4 Å². The van der Waals surface area contributed by atoms with E-state index >= 15 is 0 Å². The van der Waals surface area contributed by atoms with Gasteiger partial charge in [0, 0.05) is 17.3 Å². The van der Waals surface area contributed by atoms with Crippen molar-refractivity contribution in [1.29, 1.82) is 0 Å². The lowest BCUT2D eigenvalue weighted by Crippen LogP contribution is -2.15. The lowest BCUT2D eigenvalue weighted by molar-refractivity contribution is 0.102. The van der Waals surface area contributed by atoms with Gasteiger partial charge in [-0.25, -0.2) is 8.42 Å².